The lowest BCUT2D eigenvalue weighted by atomic mass is 9.82. The van der Waals surface area contributed by atoms with Crippen molar-refractivity contribution in [1.82, 2.24) is 0 Å². The first-order chi connectivity index (χ1) is 31.9. The van der Waals surface area contributed by atoms with E-state index in [2.05, 4.69) is 197 Å². The van der Waals surface area contributed by atoms with Gasteiger partial charge in [-0.25, -0.2) is 0 Å². The SMILES string of the molecule is CC(C)(C)c1ccc2c(N(c3cccc(C#N)c3)c3cccc4c3sc3ccccc34)c3cc(C(C)(C)C)ccc3c(N(c3cccc(C#N)c3)c3cccc4c3sc3ccccc34)c2c1. The molecule has 0 saturated heterocycles. The molecule has 0 saturated carbocycles. The van der Waals surface area contributed by atoms with Gasteiger partial charge in [-0.1, -0.05) is 139 Å². The van der Waals surface area contributed by atoms with Gasteiger partial charge in [-0.2, -0.15) is 10.5 Å². The van der Waals surface area contributed by atoms with Gasteiger partial charge in [0.2, 0.25) is 0 Å². The highest BCUT2D eigenvalue weighted by Gasteiger charge is 2.30. The summed E-state index contributed by atoms with van der Waals surface area (Å²) in [6, 6.07) is 65.7. The van der Waals surface area contributed by atoms with Crippen molar-refractivity contribution in [3.63, 3.8) is 0 Å². The third-order valence-corrected chi connectivity index (χ3v) is 15.4. The van der Waals surface area contributed by atoms with E-state index >= 15 is 0 Å². The van der Waals surface area contributed by atoms with Crippen LogP contribution in [-0.4, -0.2) is 0 Å². The fraction of sp³-hybridized carbons (Fsp3) is 0.133. The Morgan fingerprint density at radius 1 is 0.379 bits per heavy atom. The molecule has 2 aromatic heterocycles. The van der Waals surface area contributed by atoms with Crippen molar-refractivity contribution in [3.8, 4) is 12.1 Å². The molecule has 318 valence electrons. The second-order valence-corrected chi connectivity index (χ2v) is 21.3. The van der Waals surface area contributed by atoms with E-state index in [0.717, 1.165) is 55.7 Å². The molecule has 0 aliphatic heterocycles. The molecule has 0 aliphatic carbocycles. The maximum atomic E-state index is 10.4. The standard InChI is InChI=1S/C60H46N4S2/c1-59(2,3)39-27-29-45-49(33-39)55(63(41-17-11-15-37(31-41)35-61)51-23-13-21-47-43-19-7-9-25-53(43)65-57(47)51)46-30-28-40(60(4,5)6)34-50(46)56(45)64(42-18-12-16-38(32-42)36-62)52-24-14-22-48-44-20-8-10-26-54(44)66-58(48)52/h7-34H,1-6H3. The molecule has 0 bridgehead atoms. The highest BCUT2D eigenvalue weighted by Crippen LogP contribution is 2.55. The Morgan fingerprint density at radius 3 is 1.18 bits per heavy atom. The largest absolute Gasteiger partial charge is 0.308 e. The lowest BCUT2D eigenvalue weighted by Crippen LogP contribution is -2.17. The number of benzene rings is 9. The van der Waals surface area contributed by atoms with Crippen LogP contribution in [0.2, 0.25) is 0 Å². The van der Waals surface area contributed by atoms with Crippen LogP contribution in [-0.2, 0) is 10.8 Å². The summed E-state index contributed by atoms with van der Waals surface area (Å²) in [5, 5.41) is 30.0. The number of thiophene rings is 2. The van der Waals surface area contributed by atoms with Crippen molar-refractivity contribution >= 4 is 119 Å². The Morgan fingerprint density at radius 2 is 0.773 bits per heavy atom. The topological polar surface area (TPSA) is 54.1 Å². The fourth-order valence-corrected chi connectivity index (χ4v) is 12.0. The van der Waals surface area contributed by atoms with Crippen LogP contribution in [0.1, 0.15) is 63.8 Å². The zero-order valence-corrected chi connectivity index (χ0v) is 39.4. The van der Waals surface area contributed by atoms with Gasteiger partial charge in [0.05, 0.1) is 55.4 Å². The number of nitriles is 2. The van der Waals surface area contributed by atoms with Crippen LogP contribution < -0.4 is 9.80 Å². The number of rotatable bonds is 6. The van der Waals surface area contributed by atoms with Crippen LogP contribution in [0.15, 0.2) is 170 Å². The first-order valence-corrected chi connectivity index (χ1v) is 24.0. The molecular formula is C60H46N4S2. The smallest absolute Gasteiger partial charge is 0.0992 e. The van der Waals surface area contributed by atoms with Gasteiger partial charge in [-0.05, 0) is 94.8 Å². The molecule has 0 aliphatic rings. The summed E-state index contributed by atoms with van der Waals surface area (Å²) in [6.45, 7) is 13.7. The van der Waals surface area contributed by atoms with Crippen molar-refractivity contribution in [2.45, 2.75) is 52.4 Å². The van der Waals surface area contributed by atoms with E-state index in [1.807, 2.05) is 59.1 Å². The van der Waals surface area contributed by atoms with Gasteiger partial charge < -0.3 is 9.80 Å². The van der Waals surface area contributed by atoms with Crippen LogP contribution in [0.4, 0.5) is 34.1 Å². The molecule has 0 fully saturated rings. The van der Waals surface area contributed by atoms with E-state index in [1.165, 1.54) is 51.5 Å². The molecule has 0 spiro atoms. The van der Waals surface area contributed by atoms with Gasteiger partial charge in [-0.15, -0.1) is 22.7 Å². The van der Waals surface area contributed by atoms with E-state index in [1.54, 1.807) is 0 Å². The number of hydrogen-bond acceptors (Lipinski definition) is 6. The molecule has 6 heteroatoms. The van der Waals surface area contributed by atoms with Crippen molar-refractivity contribution in [3.05, 3.63) is 192 Å². The Labute approximate surface area is 393 Å². The average Bonchev–Trinajstić information content (AvgIpc) is 3.91. The lowest BCUT2D eigenvalue weighted by Gasteiger charge is -2.34. The van der Waals surface area contributed by atoms with Crippen LogP contribution in [0.3, 0.4) is 0 Å². The van der Waals surface area contributed by atoms with Crippen LogP contribution >= 0.6 is 22.7 Å². The summed E-state index contributed by atoms with van der Waals surface area (Å²) in [4.78, 5) is 4.84. The summed E-state index contributed by atoms with van der Waals surface area (Å²) in [7, 11) is 0. The van der Waals surface area contributed by atoms with E-state index < -0.39 is 0 Å². The minimum absolute atomic E-state index is 0.169. The fourth-order valence-electron chi connectivity index (χ4n) is 9.62. The highest BCUT2D eigenvalue weighted by atomic mass is 32.1. The molecule has 4 nitrogen and oxygen atoms in total. The highest BCUT2D eigenvalue weighted by molar-refractivity contribution is 7.26. The Kier molecular flexibility index (Phi) is 9.75. The lowest BCUT2D eigenvalue weighted by molar-refractivity contribution is 0.590. The van der Waals surface area contributed by atoms with Crippen molar-refractivity contribution in [2.24, 2.45) is 0 Å². The van der Waals surface area contributed by atoms with E-state index in [0.29, 0.717) is 11.1 Å². The molecule has 66 heavy (non-hydrogen) atoms. The summed E-state index contributed by atoms with van der Waals surface area (Å²) in [6.07, 6.45) is 0. The Hall–Kier alpha value is -7.48. The van der Waals surface area contributed by atoms with E-state index in [-0.39, 0.29) is 10.8 Å². The summed E-state index contributed by atoms with van der Waals surface area (Å²) in [5.41, 5.74) is 9.27. The molecule has 9 aromatic carbocycles. The summed E-state index contributed by atoms with van der Waals surface area (Å²) < 4.78 is 4.81. The van der Waals surface area contributed by atoms with Crippen LogP contribution in [0, 0.1) is 22.7 Å². The first-order valence-electron chi connectivity index (χ1n) is 22.4. The quantitative estimate of drug-likeness (QED) is 0.123. The number of hydrogen-bond donors (Lipinski definition) is 0. The maximum Gasteiger partial charge on any atom is 0.0992 e. The number of anilines is 6. The van der Waals surface area contributed by atoms with Crippen molar-refractivity contribution < 1.29 is 0 Å². The third kappa shape index (κ3) is 6.76. The molecule has 0 N–H and O–H groups in total. The van der Waals surface area contributed by atoms with Crippen LogP contribution in [0.5, 0.6) is 0 Å². The minimum Gasteiger partial charge on any atom is -0.308 e. The van der Waals surface area contributed by atoms with Gasteiger partial charge in [0.25, 0.3) is 0 Å². The molecular weight excluding hydrogens is 841 g/mol. The summed E-state index contributed by atoms with van der Waals surface area (Å²) in [5.74, 6) is 0. The zero-order chi connectivity index (χ0) is 45.5. The van der Waals surface area contributed by atoms with Gasteiger partial charge in [0.15, 0.2) is 0 Å². The Bertz CT molecular complexity index is 3590. The molecule has 0 unspecified atom stereocenters. The molecule has 11 aromatic rings. The van der Waals surface area contributed by atoms with Gasteiger partial charge in [0.1, 0.15) is 0 Å². The van der Waals surface area contributed by atoms with Gasteiger partial charge >= 0.3 is 0 Å². The first kappa shape index (κ1) is 41.2. The maximum absolute atomic E-state index is 10.4. The minimum atomic E-state index is -0.169. The molecule has 11 rings (SSSR count). The van der Waals surface area contributed by atoms with Gasteiger partial charge in [-0.3, -0.25) is 0 Å². The van der Waals surface area contributed by atoms with Crippen LogP contribution in [0.25, 0.3) is 61.9 Å². The molecule has 0 radical (unpaired) electrons. The molecule has 0 atom stereocenters. The van der Waals surface area contributed by atoms with Crippen molar-refractivity contribution in [2.75, 3.05) is 9.80 Å². The predicted molar refractivity (Wildman–Crippen MR) is 283 cm³/mol. The summed E-state index contributed by atoms with van der Waals surface area (Å²) >= 11 is 3.62. The normalized spacial score (nSPS) is 12.1. The second-order valence-electron chi connectivity index (χ2n) is 19.2. The number of fused-ring (bicyclic) bond motifs is 8. The number of nitrogens with zero attached hydrogens (tertiary/aromatic N) is 4. The zero-order valence-electron chi connectivity index (χ0n) is 37.8. The monoisotopic (exact) mass is 886 g/mol. The van der Waals surface area contributed by atoms with E-state index in [4.69, 9.17) is 0 Å². The van der Waals surface area contributed by atoms with Gasteiger partial charge in [0, 0.05) is 63.9 Å². The van der Waals surface area contributed by atoms with Crippen molar-refractivity contribution in [1.29, 1.82) is 10.5 Å². The molecule has 2 heterocycles. The average molecular weight is 887 g/mol. The van der Waals surface area contributed by atoms with E-state index in [9.17, 15) is 10.5 Å². The third-order valence-electron chi connectivity index (χ3n) is 13.0. The second kappa shape index (κ2) is 15.6. The predicted octanol–water partition coefficient (Wildman–Crippen LogP) is 18.0. The Balaban J connectivity index is 1.36. The molecule has 0 amide bonds.